The van der Waals surface area contributed by atoms with E-state index >= 15 is 0 Å². The molecule has 174 valence electrons. The number of esters is 2. The summed E-state index contributed by atoms with van der Waals surface area (Å²) in [5.41, 5.74) is 1.92. The van der Waals surface area contributed by atoms with Gasteiger partial charge in [0, 0.05) is 17.0 Å². The number of aryl methyl sites for hydroxylation is 1. The number of ether oxygens (including phenoxy) is 3. The maximum absolute atomic E-state index is 13.5. The van der Waals surface area contributed by atoms with Crippen LogP contribution in [0.25, 0.3) is 0 Å². The van der Waals surface area contributed by atoms with Crippen LogP contribution in [0.15, 0.2) is 39.1 Å². The van der Waals surface area contributed by atoms with Crippen LogP contribution in [0.3, 0.4) is 0 Å². The van der Waals surface area contributed by atoms with E-state index in [1.807, 2.05) is 20.8 Å². The van der Waals surface area contributed by atoms with Crippen molar-refractivity contribution >= 4 is 17.7 Å². The van der Waals surface area contributed by atoms with Crippen molar-refractivity contribution in [3.8, 4) is 0 Å². The smallest absolute Gasteiger partial charge is 0.336 e. The van der Waals surface area contributed by atoms with Crippen LogP contribution in [0.1, 0.15) is 51.6 Å². The standard InChI is InChI=1S/C24H31NO7/c1-12(2)30-9-10-31-24(28)19-15(5)25-16-11-13(3)18(23(27)29-6)22(26)20(16)21(19)17-8-7-14(4)32-17/h7-8,12-13,18,21,25H,9-11H2,1-6H3/t13-,18+,21-/m1/s1. The minimum Gasteiger partial charge on any atom is -0.468 e. The fourth-order valence-electron chi connectivity index (χ4n) is 4.34. The summed E-state index contributed by atoms with van der Waals surface area (Å²) in [7, 11) is 1.27. The molecule has 1 aromatic rings. The number of carbonyl (C=O) groups is 3. The van der Waals surface area contributed by atoms with Crippen molar-refractivity contribution in [2.24, 2.45) is 11.8 Å². The Hall–Kier alpha value is -2.87. The van der Waals surface area contributed by atoms with Gasteiger partial charge in [-0.3, -0.25) is 9.59 Å². The fourth-order valence-corrected chi connectivity index (χ4v) is 4.34. The van der Waals surface area contributed by atoms with E-state index in [1.165, 1.54) is 7.11 Å². The predicted molar refractivity (Wildman–Crippen MR) is 115 cm³/mol. The number of dihydropyridines is 1. The molecule has 3 atom stereocenters. The predicted octanol–water partition coefficient (Wildman–Crippen LogP) is 3.17. The lowest BCUT2D eigenvalue weighted by Gasteiger charge is -2.37. The SMILES string of the molecule is COC(=O)[C@@H]1C(=O)C2=C(C[C@H]1C)NC(C)=C(C(=O)OCCOC(C)C)[C@H]2c1ccc(C)o1. The largest absolute Gasteiger partial charge is 0.468 e. The second-order valence-corrected chi connectivity index (χ2v) is 8.54. The van der Waals surface area contributed by atoms with Crippen molar-refractivity contribution in [1.82, 2.24) is 5.32 Å². The Kier molecular flexibility index (Phi) is 7.23. The van der Waals surface area contributed by atoms with E-state index in [4.69, 9.17) is 18.6 Å². The maximum Gasteiger partial charge on any atom is 0.336 e. The lowest BCUT2D eigenvalue weighted by atomic mass is 9.70. The fraction of sp³-hybridized carbons (Fsp3) is 0.542. The molecule has 0 saturated heterocycles. The van der Waals surface area contributed by atoms with Gasteiger partial charge in [0.15, 0.2) is 5.78 Å². The maximum atomic E-state index is 13.5. The summed E-state index contributed by atoms with van der Waals surface area (Å²) < 4.78 is 21.7. The van der Waals surface area contributed by atoms with Crippen molar-refractivity contribution in [3.05, 3.63) is 46.2 Å². The zero-order valence-electron chi connectivity index (χ0n) is 19.4. The number of allylic oxidation sites excluding steroid dienone is 3. The highest BCUT2D eigenvalue weighted by atomic mass is 16.6. The van der Waals surface area contributed by atoms with Crippen LogP contribution >= 0.6 is 0 Å². The third-order valence-corrected chi connectivity index (χ3v) is 5.78. The Morgan fingerprint density at radius 2 is 1.94 bits per heavy atom. The van der Waals surface area contributed by atoms with Gasteiger partial charge in [-0.15, -0.1) is 0 Å². The number of carbonyl (C=O) groups excluding carboxylic acids is 3. The number of methoxy groups -OCH3 is 1. The highest BCUT2D eigenvalue weighted by Gasteiger charge is 2.48. The monoisotopic (exact) mass is 445 g/mol. The van der Waals surface area contributed by atoms with E-state index in [2.05, 4.69) is 5.32 Å². The van der Waals surface area contributed by atoms with Gasteiger partial charge in [-0.2, -0.15) is 0 Å². The van der Waals surface area contributed by atoms with Gasteiger partial charge in [-0.05, 0) is 52.2 Å². The second kappa shape index (κ2) is 9.73. The topological polar surface area (TPSA) is 104 Å². The van der Waals surface area contributed by atoms with Crippen molar-refractivity contribution in [2.45, 2.75) is 53.1 Å². The number of hydrogen-bond donors (Lipinski definition) is 1. The Labute approximate surface area is 188 Å². The Bertz CT molecular complexity index is 969. The number of furan rings is 1. The van der Waals surface area contributed by atoms with Crippen molar-refractivity contribution in [2.75, 3.05) is 20.3 Å². The van der Waals surface area contributed by atoms with E-state index < -0.39 is 23.8 Å². The molecule has 2 heterocycles. The van der Waals surface area contributed by atoms with Gasteiger partial charge < -0.3 is 23.9 Å². The van der Waals surface area contributed by atoms with Gasteiger partial charge in [-0.1, -0.05) is 6.92 Å². The summed E-state index contributed by atoms with van der Waals surface area (Å²) in [6, 6.07) is 3.52. The highest BCUT2D eigenvalue weighted by molar-refractivity contribution is 6.12. The molecule has 3 rings (SSSR count). The summed E-state index contributed by atoms with van der Waals surface area (Å²) in [5, 5.41) is 3.22. The van der Waals surface area contributed by atoms with Gasteiger partial charge in [-0.25, -0.2) is 4.79 Å². The first-order valence-corrected chi connectivity index (χ1v) is 10.8. The van der Waals surface area contributed by atoms with Crippen LogP contribution in [0.2, 0.25) is 0 Å². The van der Waals surface area contributed by atoms with Crippen LogP contribution < -0.4 is 5.32 Å². The number of Topliss-reactive ketones (excluding diaryl/α,β-unsaturated/α-hetero) is 1. The van der Waals surface area contributed by atoms with E-state index in [9.17, 15) is 14.4 Å². The molecule has 0 aromatic carbocycles. The first-order valence-electron chi connectivity index (χ1n) is 10.8. The van der Waals surface area contributed by atoms with Gasteiger partial charge >= 0.3 is 11.9 Å². The summed E-state index contributed by atoms with van der Waals surface area (Å²) in [5.74, 6) is -2.35. The molecular weight excluding hydrogens is 414 g/mol. The van der Waals surface area contributed by atoms with Gasteiger partial charge in [0.1, 0.15) is 24.0 Å². The lowest BCUT2D eigenvalue weighted by Crippen LogP contribution is -2.43. The molecule has 0 amide bonds. The Balaban J connectivity index is 2.00. The van der Waals surface area contributed by atoms with Gasteiger partial charge in [0.05, 0.1) is 31.3 Å². The highest BCUT2D eigenvalue weighted by Crippen LogP contribution is 2.45. The molecule has 1 aliphatic heterocycles. The molecule has 8 heteroatoms. The summed E-state index contributed by atoms with van der Waals surface area (Å²) >= 11 is 0. The van der Waals surface area contributed by atoms with E-state index in [0.717, 1.165) is 0 Å². The molecule has 1 N–H and O–H groups in total. The van der Waals surface area contributed by atoms with Crippen LogP contribution in [0.4, 0.5) is 0 Å². The molecule has 1 aromatic heterocycles. The lowest BCUT2D eigenvalue weighted by molar-refractivity contribution is -0.151. The average Bonchev–Trinajstić information content (AvgIpc) is 3.15. The molecule has 32 heavy (non-hydrogen) atoms. The molecule has 2 aliphatic rings. The number of rotatable bonds is 7. The molecule has 0 unspecified atom stereocenters. The molecule has 0 radical (unpaired) electrons. The molecule has 1 aliphatic carbocycles. The van der Waals surface area contributed by atoms with Gasteiger partial charge in [0.25, 0.3) is 0 Å². The van der Waals surface area contributed by atoms with Crippen LogP contribution in [0.5, 0.6) is 0 Å². The van der Waals surface area contributed by atoms with E-state index in [0.29, 0.717) is 34.9 Å². The zero-order valence-corrected chi connectivity index (χ0v) is 19.4. The average molecular weight is 446 g/mol. The Morgan fingerprint density at radius 3 is 2.53 bits per heavy atom. The summed E-state index contributed by atoms with van der Waals surface area (Å²) in [4.78, 5) is 39.0. The number of hydrogen-bond acceptors (Lipinski definition) is 8. The molecule has 8 nitrogen and oxygen atoms in total. The minimum atomic E-state index is -0.936. The molecule has 0 fully saturated rings. The van der Waals surface area contributed by atoms with Crippen molar-refractivity contribution < 1.29 is 33.0 Å². The van der Waals surface area contributed by atoms with Crippen LogP contribution in [-0.2, 0) is 28.6 Å². The summed E-state index contributed by atoms with van der Waals surface area (Å²) in [6.45, 7) is 9.55. The third kappa shape index (κ3) is 4.65. The quantitative estimate of drug-likeness (QED) is 0.388. The number of ketones is 1. The first-order chi connectivity index (χ1) is 15.1. The van der Waals surface area contributed by atoms with Crippen molar-refractivity contribution in [1.29, 1.82) is 0 Å². The third-order valence-electron chi connectivity index (χ3n) is 5.78. The zero-order chi connectivity index (χ0) is 23.6. The normalized spacial score (nSPS) is 23.2. The number of nitrogens with one attached hydrogen (secondary N) is 1. The van der Waals surface area contributed by atoms with E-state index in [1.54, 1.807) is 26.0 Å². The van der Waals surface area contributed by atoms with Crippen LogP contribution in [0, 0.1) is 18.8 Å². The second-order valence-electron chi connectivity index (χ2n) is 8.54. The molecule has 0 spiro atoms. The summed E-state index contributed by atoms with van der Waals surface area (Å²) in [6.07, 6.45) is 0.494. The molecular formula is C24H31NO7. The van der Waals surface area contributed by atoms with Gasteiger partial charge in [0.2, 0.25) is 0 Å². The Morgan fingerprint density at radius 1 is 1.22 bits per heavy atom. The van der Waals surface area contributed by atoms with Crippen LogP contribution in [-0.4, -0.2) is 44.1 Å². The molecule has 0 saturated carbocycles. The molecule has 0 bridgehead atoms. The van der Waals surface area contributed by atoms with E-state index in [-0.39, 0.29) is 36.6 Å². The van der Waals surface area contributed by atoms with Crippen molar-refractivity contribution in [3.63, 3.8) is 0 Å². The minimum absolute atomic E-state index is 0.0228. The first kappa shape index (κ1) is 23.8.